The van der Waals surface area contributed by atoms with Gasteiger partial charge in [0.1, 0.15) is 5.75 Å². The zero-order chi connectivity index (χ0) is 14.6. The first kappa shape index (κ1) is 14.2. The number of rotatable bonds is 2. The molecule has 0 spiro atoms. The average molecular weight is 258 g/mol. The molecule has 0 aromatic heterocycles. The third-order valence-electron chi connectivity index (χ3n) is 5.26. The molecule has 1 heteroatoms. The van der Waals surface area contributed by atoms with E-state index in [0.29, 0.717) is 11.7 Å². The largest absolute Gasteiger partial charge is 0.507 e. The molecule has 104 valence electrons. The number of hydrogen-bond acceptors (Lipinski definition) is 1. The van der Waals surface area contributed by atoms with Crippen LogP contribution < -0.4 is 0 Å². The lowest BCUT2D eigenvalue weighted by atomic mass is 9.71. The van der Waals surface area contributed by atoms with Crippen molar-refractivity contribution in [2.24, 2.45) is 5.92 Å². The summed E-state index contributed by atoms with van der Waals surface area (Å²) in [7, 11) is 0. The van der Waals surface area contributed by atoms with Gasteiger partial charge in [0.25, 0.3) is 0 Å². The van der Waals surface area contributed by atoms with Crippen LogP contribution in [0.4, 0.5) is 0 Å². The Morgan fingerprint density at radius 2 is 1.79 bits per heavy atom. The number of phenols is 1. The Morgan fingerprint density at radius 3 is 2.32 bits per heavy atom. The van der Waals surface area contributed by atoms with Crippen molar-refractivity contribution >= 4 is 0 Å². The first-order chi connectivity index (χ1) is 8.60. The lowest BCUT2D eigenvalue weighted by Crippen LogP contribution is -2.30. The molecule has 1 nitrogen and oxygen atoms in total. The van der Waals surface area contributed by atoms with E-state index in [4.69, 9.17) is 0 Å². The van der Waals surface area contributed by atoms with Gasteiger partial charge in [-0.2, -0.15) is 0 Å². The number of benzene rings is 1. The SMILES string of the molecule is C=C(C)Cc1ccc2c(c1O)C(C)(C)C(C)C2(C)C. The lowest BCUT2D eigenvalue weighted by Gasteiger charge is -2.32. The van der Waals surface area contributed by atoms with Gasteiger partial charge in [0.05, 0.1) is 0 Å². The van der Waals surface area contributed by atoms with Gasteiger partial charge < -0.3 is 5.11 Å². The van der Waals surface area contributed by atoms with E-state index in [-0.39, 0.29) is 10.8 Å². The van der Waals surface area contributed by atoms with Gasteiger partial charge in [-0.25, -0.2) is 0 Å². The number of aromatic hydroxyl groups is 1. The van der Waals surface area contributed by atoms with Crippen molar-refractivity contribution in [2.45, 2.75) is 58.8 Å². The molecule has 19 heavy (non-hydrogen) atoms. The molecule has 1 atom stereocenters. The molecule has 0 bridgehead atoms. The molecule has 0 aliphatic heterocycles. The first-order valence-electron chi connectivity index (χ1n) is 7.10. The Balaban J connectivity index is 2.67. The molecule has 1 unspecified atom stereocenters. The van der Waals surface area contributed by atoms with Crippen LogP contribution in [0.15, 0.2) is 24.3 Å². The van der Waals surface area contributed by atoms with Gasteiger partial charge in [0.2, 0.25) is 0 Å². The first-order valence-corrected chi connectivity index (χ1v) is 7.10. The number of fused-ring (bicyclic) bond motifs is 1. The van der Waals surface area contributed by atoms with E-state index in [9.17, 15) is 5.11 Å². The lowest BCUT2D eigenvalue weighted by molar-refractivity contribution is 0.261. The quantitative estimate of drug-likeness (QED) is 0.761. The second-order valence-electron chi connectivity index (χ2n) is 7.29. The topological polar surface area (TPSA) is 20.2 Å². The third kappa shape index (κ3) is 1.91. The molecule has 2 rings (SSSR count). The summed E-state index contributed by atoms with van der Waals surface area (Å²) < 4.78 is 0. The molecule has 0 fully saturated rings. The van der Waals surface area contributed by atoms with E-state index in [1.165, 1.54) is 5.56 Å². The molecule has 1 aromatic carbocycles. The van der Waals surface area contributed by atoms with E-state index in [2.05, 4.69) is 53.3 Å². The second-order valence-corrected chi connectivity index (χ2v) is 7.29. The van der Waals surface area contributed by atoms with Crippen molar-refractivity contribution in [1.29, 1.82) is 0 Å². The standard InChI is InChI=1S/C18H26O/c1-11(2)10-13-8-9-14-15(16(13)19)18(6,7)12(3)17(14,4)5/h8-9,12,19H,1,10H2,2-7H3. The van der Waals surface area contributed by atoms with Gasteiger partial charge in [-0.05, 0) is 41.2 Å². The normalized spacial score (nSPS) is 23.2. The Kier molecular flexibility index (Phi) is 3.08. The van der Waals surface area contributed by atoms with Gasteiger partial charge in [0, 0.05) is 5.56 Å². The fourth-order valence-corrected chi connectivity index (χ4v) is 3.64. The van der Waals surface area contributed by atoms with Gasteiger partial charge >= 0.3 is 0 Å². The summed E-state index contributed by atoms with van der Waals surface area (Å²) in [5.74, 6) is 0.990. The predicted octanol–water partition coefficient (Wildman–Crippen LogP) is 4.72. The summed E-state index contributed by atoms with van der Waals surface area (Å²) in [5, 5.41) is 10.7. The summed E-state index contributed by atoms with van der Waals surface area (Å²) in [4.78, 5) is 0. The minimum absolute atomic E-state index is 0.00794. The van der Waals surface area contributed by atoms with Crippen molar-refractivity contribution < 1.29 is 5.11 Å². The Morgan fingerprint density at radius 1 is 1.21 bits per heavy atom. The number of hydrogen-bond donors (Lipinski definition) is 1. The van der Waals surface area contributed by atoms with E-state index in [0.717, 1.165) is 23.1 Å². The maximum absolute atomic E-state index is 10.7. The molecule has 0 radical (unpaired) electrons. The van der Waals surface area contributed by atoms with E-state index < -0.39 is 0 Å². The molecule has 1 aliphatic carbocycles. The van der Waals surface area contributed by atoms with Crippen LogP contribution in [0, 0.1) is 5.92 Å². The molecule has 0 saturated heterocycles. The van der Waals surface area contributed by atoms with Crippen LogP contribution in [0.5, 0.6) is 5.75 Å². The smallest absolute Gasteiger partial charge is 0.123 e. The van der Waals surface area contributed by atoms with Crippen molar-refractivity contribution in [3.8, 4) is 5.75 Å². The highest BCUT2D eigenvalue weighted by Gasteiger charge is 2.50. The molecular formula is C18H26O. The minimum Gasteiger partial charge on any atom is -0.507 e. The highest BCUT2D eigenvalue weighted by atomic mass is 16.3. The van der Waals surface area contributed by atoms with Crippen molar-refractivity contribution in [2.75, 3.05) is 0 Å². The zero-order valence-electron chi connectivity index (χ0n) is 13.1. The molecule has 0 heterocycles. The third-order valence-corrected chi connectivity index (χ3v) is 5.26. The fraction of sp³-hybridized carbons (Fsp3) is 0.556. The zero-order valence-corrected chi connectivity index (χ0v) is 13.1. The number of phenolic OH excluding ortho intramolecular Hbond substituents is 1. The van der Waals surface area contributed by atoms with Crippen LogP contribution in [0.2, 0.25) is 0 Å². The fourth-order valence-electron chi connectivity index (χ4n) is 3.64. The van der Waals surface area contributed by atoms with Crippen LogP contribution in [-0.2, 0) is 17.3 Å². The van der Waals surface area contributed by atoms with E-state index >= 15 is 0 Å². The van der Waals surface area contributed by atoms with Gasteiger partial charge in [-0.3, -0.25) is 0 Å². The monoisotopic (exact) mass is 258 g/mol. The van der Waals surface area contributed by atoms with E-state index in [1.54, 1.807) is 0 Å². The van der Waals surface area contributed by atoms with Crippen LogP contribution in [-0.4, -0.2) is 5.11 Å². The molecule has 0 amide bonds. The maximum Gasteiger partial charge on any atom is 0.123 e. The van der Waals surface area contributed by atoms with E-state index in [1.807, 2.05) is 6.92 Å². The summed E-state index contributed by atoms with van der Waals surface area (Å²) in [6, 6.07) is 4.28. The Bertz CT molecular complexity index is 535. The molecule has 1 aromatic rings. The highest BCUT2D eigenvalue weighted by Crippen LogP contribution is 2.56. The summed E-state index contributed by atoms with van der Waals surface area (Å²) in [6.45, 7) is 17.3. The minimum atomic E-state index is 0.00794. The highest BCUT2D eigenvalue weighted by molar-refractivity contribution is 5.57. The molecular weight excluding hydrogens is 232 g/mol. The van der Waals surface area contributed by atoms with Crippen LogP contribution in [0.25, 0.3) is 0 Å². The van der Waals surface area contributed by atoms with Crippen LogP contribution in [0.3, 0.4) is 0 Å². The van der Waals surface area contributed by atoms with Gasteiger partial charge in [-0.1, -0.05) is 58.9 Å². The maximum atomic E-state index is 10.7. The van der Waals surface area contributed by atoms with Crippen LogP contribution >= 0.6 is 0 Å². The molecule has 0 saturated carbocycles. The molecule has 1 aliphatic rings. The van der Waals surface area contributed by atoms with Crippen molar-refractivity contribution in [3.05, 3.63) is 41.0 Å². The van der Waals surface area contributed by atoms with Gasteiger partial charge in [-0.15, -0.1) is 0 Å². The van der Waals surface area contributed by atoms with Crippen LogP contribution in [0.1, 0.15) is 58.2 Å². The Labute approximate surface area is 117 Å². The Hall–Kier alpha value is -1.24. The molecule has 1 N–H and O–H groups in total. The summed E-state index contributed by atoms with van der Waals surface area (Å²) >= 11 is 0. The average Bonchev–Trinajstić information content (AvgIpc) is 2.41. The summed E-state index contributed by atoms with van der Waals surface area (Å²) in [6.07, 6.45) is 0.754. The van der Waals surface area contributed by atoms with Crippen molar-refractivity contribution in [1.82, 2.24) is 0 Å². The predicted molar refractivity (Wildman–Crippen MR) is 81.8 cm³/mol. The van der Waals surface area contributed by atoms with Crippen molar-refractivity contribution in [3.63, 3.8) is 0 Å². The van der Waals surface area contributed by atoms with Gasteiger partial charge in [0.15, 0.2) is 0 Å². The second kappa shape index (κ2) is 4.13. The number of allylic oxidation sites excluding steroid dienone is 1. The summed E-state index contributed by atoms with van der Waals surface area (Å²) in [5.41, 5.74) is 4.64.